The van der Waals surface area contributed by atoms with Crippen LogP contribution in [0.25, 0.3) is 0 Å². The van der Waals surface area contributed by atoms with Gasteiger partial charge in [0.05, 0.1) is 6.54 Å². The van der Waals surface area contributed by atoms with Crippen LogP contribution >= 0.6 is 0 Å². The summed E-state index contributed by atoms with van der Waals surface area (Å²) in [7, 11) is 1.92. The molecule has 2 aliphatic rings. The molecule has 2 aliphatic heterocycles. The predicted octanol–water partition coefficient (Wildman–Crippen LogP) is 2.51. The molecule has 2 saturated heterocycles. The zero-order valence-corrected chi connectivity index (χ0v) is 15.2. The minimum atomic E-state index is 0.234. The average molecular weight is 329 g/mol. The van der Waals surface area contributed by atoms with Crippen molar-refractivity contribution in [1.82, 2.24) is 14.7 Å². The van der Waals surface area contributed by atoms with Crippen LogP contribution in [0.2, 0.25) is 0 Å². The molecule has 0 unspecified atom stereocenters. The average Bonchev–Trinajstić information content (AvgIpc) is 3.12. The van der Waals surface area contributed by atoms with E-state index in [0.717, 1.165) is 19.1 Å². The lowest BCUT2D eigenvalue weighted by molar-refractivity contribution is -0.132. The van der Waals surface area contributed by atoms with Crippen LogP contribution in [0.4, 0.5) is 0 Å². The molecule has 4 nitrogen and oxygen atoms in total. The van der Waals surface area contributed by atoms with Crippen LogP contribution in [0, 0.1) is 6.92 Å². The lowest BCUT2D eigenvalue weighted by Crippen LogP contribution is -2.47. The molecule has 0 saturated carbocycles. The molecular weight excluding hydrogens is 298 g/mol. The molecule has 2 fully saturated rings. The second kappa shape index (κ2) is 8.13. The highest BCUT2D eigenvalue weighted by Crippen LogP contribution is 2.21. The third kappa shape index (κ3) is 4.37. The molecule has 0 atom stereocenters. The Morgan fingerprint density at radius 1 is 1.12 bits per heavy atom. The Labute approximate surface area is 146 Å². The first-order chi connectivity index (χ1) is 11.6. The topological polar surface area (TPSA) is 26.8 Å². The Morgan fingerprint density at radius 3 is 2.46 bits per heavy atom. The lowest BCUT2D eigenvalue weighted by atomic mass is 10.0. The Bertz CT molecular complexity index is 546. The first kappa shape index (κ1) is 17.4. The summed E-state index contributed by atoms with van der Waals surface area (Å²) >= 11 is 0. The molecule has 0 bridgehead atoms. The van der Waals surface area contributed by atoms with Crippen molar-refractivity contribution in [3.05, 3.63) is 35.4 Å². The van der Waals surface area contributed by atoms with Crippen molar-refractivity contribution in [2.24, 2.45) is 0 Å². The van der Waals surface area contributed by atoms with E-state index < -0.39 is 0 Å². The highest BCUT2D eigenvalue weighted by molar-refractivity contribution is 5.78. The first-order valence-electron chi connectivity index (χ1n) is 9.38. The summed E-state index contributed by atoms with van der Waals surface area (Å²) in [6.45, 7) is 8.06. The number of carbonyl (C=O) groups is 1. The van der Waals surface area contributed by atoms with Gasteiger partial charge in [-0.3, -0.25) is 9.69 Å². The van der Waals surface area contributed by atoms with E-state index in [2.05, 4.69) is 28.9 Å². The standard InChI is InChI=1S/C20H31N3O/c1-17-7-3-4-8-18(17)15-21(2)20(24)16-22-13-9-19(10-14-22)23-11-5-6-12-23/h3-4,7-8,19H,5-6,9-16H2,1-2H3. The minimum Gasteiger partial charge on any atom is -0.340 e. The summed E-state index contributed by atoms with van der Waals surface area (Å²) < 4.78 is 0. The van der Waals surface area contributed by atoms with Gasteiger partial charge in [0, 0.05) is 32.7 Å². The molecule has 1 aromatic carbocycles. The normalized spacial score (nSPS) is 20.4. The molecule has 0 aliphatic carbocycles. The molecule has 0 N–H and O–H groups in total. The third-order valence-corrected chi connectivity index (χ3v) is 5.67. The van der Waals surface area contributed by atoms with Crippen molar-refractivity contribution in [2.75, 3.05) is 39.8 Å². The van der Waals surface area contributed by atoms with E-state index in [4.69, 9.17) is 0 Å². The molecule has 1 amide bonds. The van der Waals surface area contributed by atoms with Gasteiger partial charge in [0.2, 0.25) is 5.91 Å². The maximum atomic E-state index is 12.5. The quantitative estimate of drug-likeness (QED) is 0.830. The summed E-state index contributed by atoms with van der Waals surface area (Å²) in [4.78, 5) is 19.4. The summed E-state index contributed by atoms with van der Waals surface area (Å²) in [5.41, 5.74) is 2.49. The van der Waals surface area contributed by atoms with E-state index >= 15 is 0 Å². The zero-order valence-electron chi connectivity index (χ0n) is 15.2. The van der Waals surface area contributed by atoms with E-state index in [9.17, 15) is 4.79 Å². The van der Waals surface area contributed by atoms with Gasteiger partial charge in [-0.15, -0.1) is 0 Å². The number of hydrogen-bond donors (Lipinski definition) is 0. The van der Waals surface area contributed by atoms with E-state index in [0.29, 0.717) is 13.1 Å². The van der Waals surface area contributed by atoms with Gasteiger partial charge in [0.15, 0.2) is 0 Å². The van der Waals surface area contributed by atoms with Crippen molar-refractivity contribution < 1.29 is 4.79 Å². The number of benzene rings is 1. The molecule has 0 spiro atoms. The first-order valence-corrected chi connectivity index (χ1v) is 9.38. The van der Waals surface area contributed by atoms with Gasteiger partial charge in [0.1, 0.15) is 0 Å². The van der Waals surface area contributed by atoms with Gasteiger partial charge >= 0.3 is 0 Å². The van der Waals surface area contributed by atoms with Crippen molar-refractivity contribution in [3.8, 4) is 0 Å². The van der Waals surface area contributed by atoms with Crippen molar-refractivity contribution in [1.29, 1.82) is 0 Å². The van der Waals surface area contributed by atoms with Gasteiger partial charge in [-0.05, 0) is 56.8 Å². The van der Waals surface area contributed by atoms with Crippen LogP contribution < -0.4 is 0 Å². The lowest BCUT2D eigenvalue weighted by Gasteiger charge is -2.36. The number of aryl methyl sites for hydroxylation is 1. The van der Waals surface area contributed by atoms with Crippen LogP contribution in [-0.2, 0) is 11.3 Å². The van der Waals surface area contributed by atoms with Gasteiger partial charge in [-0.2, -0.15) is 0 Å². The van der Waals surface area contributed by atoms with Crippen LogP contribution in [-0.4, -0.2) is 66.4 Å². The SMILES string of the molecule is Cc1ccccc1CN(C)C(=O)CN1CCC(N2CCCC2)CC1. The summed E-state index contributed by atoms with van der Waals surface area (Å²) in [5.74, 6) is 0.234. The molecule has 0 aromatic heterocycles. The molecule has 2 heterocycles. The second-order valence-electron chi connectivity index (χ2n) is 7.43. The highest BCUT2D eigenvalue weighted by atomic mass is 16.2. The molecule has 132 valence electrons. The van der Waals surface area contributed by atoms with E-state index in [1.54, 1.807) is 0 Å². The van der Waals surface area contributed by atoms with E-state index in [1.807, 2.05) is 24.1 Å². The maximum Gasteiger partial charge on any atom is 0.236 e. The molecular formula is C20H31N3O. The van der Waals surface area contributed by atoms with Crippen LogP contribution in [0.5, 0.6) is 0 Å². The zero-order chi connectivity index (χ0) is 16.9. The number of likely N-dealkylation sites (tertiary alicyclic amines) is 2. The largest absolute Gasteiger partial charge is 0.340 e. The fourth-order valence-electron chi connectivity index (χ4n) is 3.99. The summed E-state index contributed by atoms with van der Waals surface area (Å²) in [6.07, 6.45) is 5.16. The molecule has 4 heteroatoms. The number of amides is 1. The predicted molar refractivity (Wildman–Crippen MR) is 97.9 cm³/mol. The fourth-order valence-corrected chi connectivity index (χ4v) is 3.99. The number of hydrogen-bond acceptors (Lipinski definition) is 3. The monoisotopic (exact) mass is 329 g/mol. The van der Waals surface area contributed by atoms with Gasteiger partial charge in [-0.25, -0.2) is 0 Å². The molecule has 3 rings (SSSR count). The van der Waals surface area contributed by atoms with Crippen LogP contribution in [0.1, 0.15) is 36.8 Å². The number of likely N-dealkylation sites (N-methyl/N-ethyl adjacent to an activating group) is 1. The van der Waals surface area contributed by atoms with E-state index in [-0.39, 0.29) is 5.91 Å². The number of rotatable bonds is 5. The number of nitrogens with zero attached hydrogens (tertiary/aromatic N) is 3. The Kier molecular flexibility index (Phi) is 5.90. The third-order valence-electron chi connectivity index (χ3n) is 5.67. The Hall–Kier alpha value is -1.39. The van der Waals surface area contributed by atoms with Crippen molar-refractivity contribution >= 4 is 5.91 Å². The minimum absolute atomic E-state index is 0.234. The smallest absolute Gasteiger partial charge is 0.236 e. The Morgan fingerprint density at radius 2 is 1.79 bits per heavy atom. The van der Waals surface area contributed by atoms with Crippen molar-refractivity contribution in [3.63, 3.8) is 0 Å². The van der Waals surface area contributed by atoms with E-state index in [1.165, 1.54) is 49.9 Å². The fraction of sp³-hybridized carbons (Fsp3) is 0.650. The van der Waals surface area contributed by atoms with Gasteiger partial charge in [0.25, 0.3) is 0 Å². The Balaban J connectivity index is 1.44. The maximum absolute atomic E-state index is 12.5. The second-order valence-corrected chi connectivity index (χ2v) is 7.43. The van der Waals surface area contributed by atoms with Crippen molar-refractivity contribution in [2.45, 2.75) is 45.2 Å². The summed E-state index contributed by atoms with van der Waals surface area (Å²) in [5, 5.41) is 0. The molecule has 0 radical (unpaired) electrons. The van der Waals surface area contributed by atoms with Crippen LogP contribution in [0.3, 0.4) is 0 Å². The van der Waals surface area contributed by atoms with Gasteiger partial charge < -0.3 is 9.80 Å². The number of piperidine rings is 1. The number of carbonyl (C=O) groups excluding carboxylic acids is 1. The van der Waals surface area contributed by atoms with Gasteiger partial charge in [-0.1, -0.05) is 24.3 Å². The van der Waals surface area contributed by atoms with Crippen LogP contribution in [0.15, 0.2) is 24.3 Å². The molecule has 1 aromatic rings. The molecule has 24 heavy (non-hydrogen) atoms. The highest BCUT2D eigenvalue weighted by Gasteiger charge is 2.27. The summed E-state index contributed by atoms with van der Waals surface area (Å²) in [6, 6.07) is 9.07.